The summed E-state index contributed by atoms with van der Waals surface area (Å²) in [7, 11) is 0. The third kappa shape index (κ3) is 4.32. The number of hydrogen-bond donors (Lipinski definition) is 1. The van der Waals surface area contributed by atoms with Gasteiger partial charge in [-0.3, -0.25) is 15.0 Å². The molecular formula is C14H20BrCl2N3O2. The number of rotatable bonds is 4. The standard InChI is InChI=1S/C14H18BrN3O2.2ClH/c15-12-4-3-11(9-13(12)18(19)20)14(10-1-2-10)17-7-5-16-6-8-17;;/h3-4,9-10,14,16H,1-2,5-8H2;2*1H/t14-;;/m1../s1. The SMILES string of the molecule is Cl.Cl.O=[N+]([O-])c1cc([C@@H](C2CC2)N2CCNCC2)ccc1Br. The number of halogens is 3. The van der Waals surface area contributed by atoms with Gasteiger partial charge >= 0.3 is 0 Å². The first-order valence-corrected chi connectivity index (χ1v) is 7.85. The molecule has 0 aromatic heterocycles. The lowest BCUT2D eigenvalue weighted by molar-refractivity contribution is -0.385. The van der Waals surface area contributed by atoms with Crippen molar-refractivity contribution in [3.8, 4) is 0 Å². The van der Waals surface area contributed by atoms with Crippen LogP contribution >= 0.6 is 40.7 Å². The highest BCUT2D eigenvalue weighted by Gasteiger charge is 2.37. The van der Waals surface area contributed by atoms with Gasteiger partial charge in [0.1, 0.15) is 0 Å². The molecule has 1 N–H and O–H groups in total. The predicted molar refractivity (Wildman–Crippen MR) is 95.2 cm³/mol. The second-order valence-corrected chi connectivity index (χ2v) is 6.39. The fraction of sp³-hybridized carbons (Fsp3) is 0.571. The Morgan fingerprint density at radius 1 is 1.27 bits per heavy atom. The van der Waals surface area contributed by atoms with Gasteiger partial charge < -0.3 is 5.32 Å². The number of benzene rings is 1. The Kier molecular flexibility index (Phi) is 7.55. The Morgan fingerprint density at radius 2 is 1.91 bits per heavy atom. The molecule has 5 nitrogen and oxygen atoms in total. The van der Waals surface area contributed by atoms with E-state index < -0.39 is 0 Å². The maximum absolute atomic E-state index is 11.1. The van der Waals surface area contributed by atoms with Gasteiger partial charge in [-0.2, -0.15) is 0 Å². The van der Waals surface area contributed by atoms with Crippen LogP contribution in [0.1, 0.15) is 24.4 Å². The minimum absolute atomic E-state index is 0. The summed E-state index contributed by atoms with van der Waals surface area (Å²) >= 11 is 3.26. The van der Waals surface area contributed by atoms with Crippen molar-refractivity contribution in [2.24, 2.45) is 5.92 Å². The van der Waals surface area contributed by atoms with E-state index in [1.807, 2.05) is 12.1 Å². The van der Waals surface area contributed by atoms with Crippen molar-refractivity contribution < 1.29 is 4.92 Å². The van der Waals surface area contributed by atoms with Crippen molar-refractivity contribution in [2.75, 3.05) is 26.2 Å². The first kappa shape index (κ1) is 19.6. The van der Waals surface area contributed by atoms with Crippen molar-refractivity contribution in [1.29, 1.82) is 0 Å². The zero-order valence-corrected chi connectivity index (χ0v) is 15.3. The first-order chi connectivity index (χ1) is 9.66. The summed E-state index contributed by atoms with van der Waals surface area (Å²) in [4.78, 5) is 13.3. The van der Waals surface area contributed by atoms with Crippen molar-refractivity contribution >= 4 is 46.4 Å². The molecule has 0 unspecified atom stereocenters. The Balaban J connectivity index is 0.00000121. The van der Waals surface area contributed by atoms with E-state index in [1.54, 1.807) is 6.07 Å². The van der Waals surface area contributed by atoms with Crippen LogP contribution in [0.25, 0.3) is 0 Å². The molecule has 0 radical (unpaired) electrons. The molecule has 1 aliphatic heterocycles. The Labute approximate surface area is 150 Å². The average molecular weight is 413 g/mol. The summed E-state index contributed by atoms with van der Waals surface area (Å²) in [5.41, 5.74) is 1.26. The predicted octanol–water partition coefficient (Wildman–Crippen LogP) is 3.56. The largest absolute Gasteiger partial charge is 0.314 e. The summed E-state index contributed by atoms with van der Waals surface area (Å²) in [5, 5.41) is 14.5. The molecule has 2 fully saturated rings. The number of piperazine rings is 1. The van der Waals surface area contributed by atoms with Crippen LogP contribution in [-0.4, -0.2) is 36.0 Å². The number of nitro groups is 1. The molecule has 3 rings (SSSR count). The summed E-state index contributed by atoms with van der Waals surface area (Å²) in [5.74, 6) is 0.661. The van der Waals surface area contributed by atoms with E-state index in [1.165, 1.54) is 12.8 Å². The molecule has 0 amide bonds. The molecule has 124 valence electrons. The van der Waals surface area contributed by atoms with Crippen molar-refractivity contribution in [3.63, 3.8) is 0 Å². The van der Waals surface area contributed by atoms with E-state index in [0.29, 0.717) is 16.4 Å². The van der Waals surface area contributed by atoms with E-state index in [9.17, 15) is 10.1 Å². The van der Waals surface area contributed by atoms with Crippen LogP contribution in [0.15, 0.2) is 22.7 Å². The van der Waals surface area contributed by atoms with Crippen LogP contribution in [0.2, 0.25) is 0 Å². The van der Waals surface area contributed by atoms with Crippen LogP contribution < -0.4 is 5.32 Å². The molecule has 0 bridgehead atoms. The van der Waals surface area contributed by atoms with Gasteiger partial charge in [-0.25, -0.2) is 0 Å². The second-order valence-electron chi connectivity index (χ2n) is 5.54. The number of nitrogens with zero attached hydrogens (tertiary/aromatic N) is 2. The third-order valence-corrected chi connectivity index (χ3v) is 4.79. The van der Waals surface area contributed by atoms with Crippen molar-refractivity contribution in [3.05, 3.63) is 38.3 Å². The highest BCUT2D eigenvalue weighted by Crippen LogP contribution is 2.45. The van der Waals surface area contributed by atoms with E-state index >= 15 is 0 Å². The molecular weight excluding hydrogens is 393 g/mol. The van der Waals surface area contributed by atoms with Gasteiger partial charge in [0.15, 0.2) is 0 Å². The normalized spacial score (nSPS) is 19.7. The van der Waals surface area contributed by atoms with Crippen LogP contribution in [0, 0.1) is 16.0 Å². The topological polar surface area (TPSA) is 58.4 Å². The quantitative estimate of drug-likeness (QED) is 0.606. The molecule has 1 saturated carbocycles. The lowest BCUT2D eigenvalue weighted by atomic mass is 9.99. The molecule has 1 atom stereocenters. The third-order valence-electron chi connectivity index (χ3n) is 4.12. The number of nitro benzene ring substituents is 1. The van der Waals surface area contributed by atoms with E-state index in [4.69, 9.17) is 0 Å². The second kappa shape index (κ2) is 8.45. The molecule has 1 aliphatic carbocycles. The minimum Gasteiger partial charge on any atom is -0.314 e. The fourth-order valence-corrected chi connectivity index (χ4v) is 3.40. The molecule has 2 aliphatic rings. The molecule has 1 heterocycles. The van der Waals surface area contributed by atoms with Crippen LogP contribution in [-0.2, 0) is 0 Å². The fourth-order valence-electron chi connectivity index (χ4n) is 3.01. The number of hydrogen-bond acceptors (Lipinski definition) is 4. The van der Waals surface area contributed by atoms with E-state index in [-0.39, 0.29) is 35.4 Å². The Bertz CT molecular complexity index is 523. The summed E-state index contributed by atoms with van der Waals surface area (Å²) in [6, 6.07) is 5.92. The minimum atomic E-state index is -0.310. The maximum atomic E-state index is 11.1. The smallest absolute Gasteiger partial charge is 0.283 e. The zero-order valence-electron chi connectivity index (χ0n) is 12.0. The average Bonchev–Trinajstić information content (AvgIpc) is 3.26. The van der Waals surface area contributed by atoms with Gasteiger partial charge in [0.25, 0.3) is 5.69 Å². The van der Waals surface area contributed by atoms with Gasteiger partial charge in [0.2, 0.25) is 0 Å². The maximum Gasteiger partial charge on any atom is 0.283 e. The Morgan fingerprint density at radius 3 is 2.45 bits per heavy atom. The Hall–Kier alpha value is -0.400. The first-order valence-electron chi connectivity index (χ1n) is 7.05. The van der Waals surface area contributed by atoms with Gasteiger partial charge in [0.05, 0.1) is 9.40 Å². The lowest BCUT2D eigenvalue weighted by Crippen LogP contribution is -2.45. The molecule has 0 spiro atoms. The highest BCUT2D eigenvalue weighted by atomic mass is 79.9. The highest BCUT2D eigenvalue weighted by molar-refractivity contribution is 9.10. The molecule has 22 heavy (non-hydrogen) atoms. The monoisotopic (exact) mass is 411 g/mol. The molecule has 8 heteroatoms. The van der Waals surface area contributed by atoms with Crippen LogP contribution in [0.5, 0.6) is 0 Å². The number of nitrogens with one attached hydrogen (secondary N) is 1. The van der Waals surface area contributed by atoms with Crippen LogP contribution in [0.3, 0.4) is 0 Å². The summed E-state index contributed by atoms with van der Waals surface area (Å²) in [6.45, 7) is 4.04. The molecule has 1 aromatic rings. The summed E-state index contributed by atoms with van der Waals surface area (Å²) in [6.07, 6.45) is 2.47. The van der Waals surface area contributed by atoms with Gasteiger partial charge in [-0.15, -0.1) is 24.8 Å². The van der Waals surface area contributed by atoms with E-state index in [0.717, 1.165) is 31.7 Å². The molecule has 1 saturated heterocycles. The zero-order chi connectivity index (χ0) is 14.1. The van der Waals surface area contributed by atoms with Gasteiger partial charge in [-0.1, -0.05) is 6.07 Å². The van der Waals surface area contributed by atoms with E-state index in [2.05, 4.69) is 26.1 Å². The van der Waals surface area contributed by atoms with Gasteiger partial charge in [-0.05, 0) is 46.3 Å². The van der Waals surface area contributed by atoms with Crippen LogP contribution in [0.4, 0.5) is 5.69 Å². The summed E-state index contributed by atoms with van der Waals surface area (Å²) < 4.78 is 0.557. The lowest BCUT2D eigenvalue weighted by Gasteiger charge is -2.35. The van der Waals surface area contributed by atoms with Crippen molar-refractivity contribution in [1.82, 2.24) is 10.2 Å². The van der Waals surface area contributed by atoms with Gasteiger partial charge in [0, 0.05) is 38.3 Å². The molecule has 1 aromatic carbocycles. The van der Waals surface area contributed by atoms with Crippen molar-refractivity contribution in [2.45, 2.75) is 18.9 Å².